The average molecular weight is 538 g/mol. The Hall–Kier alpha value is -3.42. The van der Waals surface area contributed by atoms with Crippen molar-refractivity contribution < 1.29 is 31.1 Å². The average Bonchev–Trinajstić information content (AvgIpc) is 3.21. The van der Waals surface area contributed by atoms with Gasteiger partial charge in [0.2, 0.25) is 10.0 Å². The third-order valence-electron chi connectivity index (χ3n) is 5.69. The molecule has 0 atom stereocenters. The Morgan fingerprint density at radius 2 is 1.78 bits per heavy atom. The van der Waals surface area contributed by atoms with Gasteiger partial charge in [-0.15, -0.1) is 13.2 Å². The van der Waals surface area contributed by atoms with Crippen molar-refractivity contribution in [1.82, 2.24) is 19.3 Å². The zero-order valence-corrected chi connectivity index (χ0v) is 20.8. The topological polar surface area (TPSA) is 121 Å². The number of nitrogens with one attached hydrogen (secondary N) is 1. The van der Waals surface area contributed by atoms with Crippen LogP contribution in [0.25, 0.3) is 21.9 Å². The number of para-hydroxylation sites is 1. The second-order valence-electron chi connectivity index (χ2n) is 8.26. The van der Waals surface area contributed by atoms with Gasteiger partial charge < -0.3 is 19.8 Å². The zero-order chi connectivity index (χ0) is 26.6. The number of methoxy groups -OCH3 is 1. The van der Waals surface area contributed by atoms with Crippen molar-refractivity contribution in [1.29, 1.82) is 0 Å². The van der Waals surface area contributed by atoms with Crippen LogP contribution in [0, 0.1) is 0 Å². The maximum atomic E-state index is 12.5. The fraction of sp³-hybridized carbons (Fsp3) is 0.333. The SMILES string of the molecule is COCCc1nc2c(N)nc3ccccc3c2n1CCCCNS(=O)(=O)c1ccc(OC(F)(F)F)cc1. The quantitative estimate of drug-likeness (QED) is 0.277. The molecule has 198 valence electrons. The van der Waals surface area contributed by atoms with Gasteiger partial charge in [-0.1, -0.05) is 18.2 Å². The second-order valence-corrected chi connectivity index (χ2v) is 10.0. The van der Waals surface area contributed by atoms with E-state index in [9.17, 15) is 21.6 Å². The molecule has 0 fully saturated rings. The highest BCUT2D eigenvalue weighted by Crippen LogP contribution is 2.29. The Labute approximate surface area is 211 Å². The number of imidazole rings is 1. The summed E-state index contributed by atoms with van der Waals surface area (Å²) in [5, 5.41) is 0.918. The van der Waals surface area contributed by atoms with Gasteiger partial charge in [0, 0.05) is 32.0 Å². The first-order chi connectivity index (χ1) is 17.6. The Morgan fingerprint density at radius 1 is 1.05 bits per heavy atom. The van der Waals surface area contributed by atoms with Crippen molar-refractivity contribution in [3.63, 3.8) is 0 Å². The first-order valence-electron chi connectivity index (χ1n) is 11.5. The highest BCUT2D eigenvalue weighted by atomic mass is 32.2. The number of nitrogens with zero attached hydrogens (tertiary/aromatic N) is 3. The van der Waals surface area contributed by atoms with Crippen molar-refractivity contribution >= 4 is 37.8 Å². The van der Waals surface area contributed by atoms with Crippen LogP contribution in [0.2, 0.25) is 0 Å². The summed E-state index contributed by atoms with van der Waals surface area (Å²) >= 11 is 0. The molecule has 0 saturated heterocycles. The van der Waals surface area contributed by atoms with Gasteiger partial charge in [0.15, 0.2) is 5.82 Å². The number of benzene rings is 2. The van der Waals surface area contributed by atoms with Crippen LogP contribution in [-0.4, -0.2) is 49.6 Å². The minimum Gasteiger partial charge on any atom is -0.406 e. The standard InChI is InChI=1S/C24H26F3N5O4S/c1-35-15-12-20-31-21-22(18-6-2-3-7-19(18)30-23(21)28)32(20)14-5-4-13-29-37(33,34)17-10-8-16(9-11-17)36-24(25,26)27/h2-3,6-11,29H,4-5,12-15H2,1H3,(H2,28,30). The fourth-order valence-electron chi connectivity index (χ4n) is 4.04. The highest BCUT2D eigenvalue weighted by Gasteiger charge is 2.31. The van der Waals surface area contributed by atoms with Gasteiger partial charge in [-0.25, -0.2) is 23.1 Å². The number of hydrogen-bond donors (Lipinski definition) is 2. The van der Waals surface area contributed by atoms with E-state index in [-0.39, 0.29) is 11.4 Å². The number of ether oxygens (including phenoxy) is 2. The smallest absolute Gasteiger partial charge is 0.406 e. The van der Waals surface area contributed by atoms with Crippen molar-refractivity contribution in [3.05, 3.63) is 54.4 Å². The lowest BCUT2D eigenvalue weighted by Crippen LogP contribution is -2.25. The Morgan fingerprint density at radius 3 is 2.49 bits per heavy atom. The van der Waals surface area contributed by atoms with Crippen LogP contribution in [0.1, 0.15) is 18.7 Å². The van der Waals surface area contributed by atoms with Crippen molar-refractivity contribution in [2.75, 3.05) is 26.0 Å². The zero-order valence-electron chi connectivity index (χ0n) is 20.0. The molecule has 9 nitrogen and oxygen atoms in total. The van der Waals surface area contributed by atoms with Crippen LogP contribution in [0.5, 0.6) is 5.75 Å². The number of hydrogen-bond acceptors (Lipinski definition) is 7. The predicted molar refractivity (Wildman–Crippen MR) is 133 cm³/mol. The van der Waals surface area contributed by atoms with E-state index in [1.54, 1.807) is 7.11 Å². The molecule has 0 aliphatic rings. The fourth-order valence-corrected chi connectivity index (χ4v) is 5.11. The molecule has 37 heavy (non-hydrogen) atoms. The molecular formula is C24H26F3N5O4S. The number of aromatic nitrogens is 3. The number of pyridine rings is 1. The summed E-state index contributed by atoms with van der Waals surface area (Å²) in [6.07, 6.45) is -3.14. The van der Waals surface area contributed by atoms with E-state index < -0.39 is 22.1 Å². The van der Waals surface area contributed by atoms with Crippen LogP contribution >= 0.6 is 0 Å². The third kappa shape index (κ3) is 6.29. The maximum absolute atomic E-state index is 12.5. The number of halogens is 3. The van der Waals surface area contributed by atoms with Crippen LogP contribution in [0.4, 0.5) is 19.0 Å². The molecule has 3 N–H and O–H groups in total. The lowest BCUT2D eigenvalue weighted by atomic mass is 10.2. The number of nitrogen functional groups attached to an aromatic ring is 1. The molecule has 0 amide bonds. The monoisotopic (exact) mass is 537 g/mol. The normalized spacial score (nSPS) is 12.4. The third-order valence-corrected chi connectivity index (χ3v) is 7.16. The molecule has 2 heterocycles. The number of nitrogens with two attached hydrogens (primary N) is 1. The van der Waals surface area contributed by atoms with Gasteiger partial charge in [-0.2, -0.15) is 0 Å². The molecule has 0 aliphatic heterocycles. The van der Waals surface area contributed by atoms with Crippen molar-refractivity contribution in [2.45, 2.75) is 37.1 Å². The molecule has 0 unspecified atom stereocenters. The molecule has 4 aromatic rings. The maximum Gasteiger partial charge on any atom is 0.573 e. The number of unbranched alkanes of at least 4 members (excludes halogenated alkanes) is 1. The Kier molecular flexibility index (Phi) is 7.85. The number of aryl methyl sites for hydroxylation is 1. The van der Waals surface area contributed by atoms with Crippen LogP contribution in [0.15, 0.2) is 53.4 Å². The molecule has 0 spiro atoms. The van der Waals surface area contributed by atoms with Gasteiger partial charge in [-0.3, -0.25) is 0 Å². The molecular weight excluding hydrogens is 511 g/mol. The van der Waals surface area contributed by atoms with E-state index in [1.807, 2.05) is 24.3 Å². The molecule has 2 aromatic carbocycles. The summed E-state index contributed by atoms with van der Waals surface area (Å²) in [4.78, 5) is 9.01. The van der Waals surface area contributed by atoms with Gasteiger partial charge in [0.1, 0.15) is 17.1 Å². The number of alkyl halides is 3. The van der Waals surface area contributed by atoms with E-state index in [0.717, 1.165) is 46.5 Å². The van der Waals surface area contributed by atoms with Crippen LogP contribution in [0.3, 0.4) is 0 Å². The number of sulfonamides is 1. The van der Waals surface area contributed by atoms with E-state index in [0.29, 0.717) is 43.7 Å². The predicted octanol–water partition coefficient (Wildman–Crippen LogP) is 4.01. The van der Waals surface area contributed by atoms with Crippen LogP contribution in [-0.2, 0) is 27.7 Å². The molecule has 0 saturated carbocycles. The number of fused-ring (bicyclic) bond motifs is 3. The molecule has 0 bridgehead atoms. The Balaban J connectivity index is 1.44. The Bertz CT molecular complexity index is 1490. The largest absolute Gasteiger partial charge is 0.573 e. The van der Waals surface area contributed by atoms with Gasteiger partial charge in [0.05, 0.1) is 22.5 Å². The van der Waals surface area contributed by atoms with Gasteiger partial charge >= 0.3 is 6.36 Å². The summed E-state index contributed by atoms with van der Waals surface area (Å²) in [6, 6.07) is 11.7. The number of rotatable bonds is 11. The van der Waals surface area contributed by atoms with E-state index in [1.165, 1.54) is 0 Å². The molecule has 0 aliphatic carbocycles. The molecule has 0 radical (unpaired) electrons. The van der Waals surface area contributed by atoms with E-state index in [2.05, 4.69) is 19.0 Å². The minimum absolute atomic E-state index is 0.146. The summed E-state index contributed by atoms with van der Waals surface area (Å²) in [7, 11) is -2.28. The molecule has 13 heteroatoms. The van der Waals surface area contributed by atoms with E-state index >= 15 is 0 Å². The summed E-state index contributed by atoms with van der Waals surface area (Å²) in [6.45, 7) is 1.18. The summed E-state index contributed by atoms with van der Waals surface area (Å²) in [5.41, 5.74) is 8.44. The molecule has 4 rings (SSSR count). The lowest BCUT2D eigenvalue weighted by Gasteiger charge is -2.12. The summed E-state index contributed by atoms with van der Waals surface area (Å²) in [5.74, 6) is 0.639. The summed E-state index contributed by atoms with van der Waals surface area (Å²) < 4.78 is 75.5. The number of anilines is 1. The van der Waals surface area contributed by atoms with E-state index in [4.69, 9.17) is 15.5 Å². The lowest BCUT2D eigenvalue weighted by molar-refractivity contribution is -0.274. The van der Waals surface area contributed by atoms with Crippen molar-refractivity contribution in [2.24, 2.45) is 0 Å². The first kappa shape index (κ1) is 26.6. The molecule has 2 aromatic heterocycles. The van der Waals surface area contributed by atoms with Gasteiger partial charge in [0.25, 0.3) is 0 Å². The first-order valence-corrected chi connectivity index (χ1v) is 12.9. The van der Waals surface area contributed by atoms with Crippen LogP contribution < -0.4 is 15.2 Å². The van der Waals surface area contributed by atoms with Crippen molar-refractivity contribution in [3.8, 4) is 5.75 Å². The second kappa shape index (κ2) is 10.9. The highest BCUT2D eigenvalue weighted by molar-refractivity contribution is 7.89. The van der Waals surface area contributed by atoms with Gasteiger partial charge in [-0.05, 0) is 43.2 Å². The minimum atomic E-state index is -4.85.